The highest BCUT2D eigenvalue weighted by molar-refractivity contribution is 5.76. The van der Waals surface area contributed by atoms with Gasteiger partial charge in [0.05, 0.1) is 5.69 Å². The van der Waals surface area contributed by atoms with Crippen molar-refractivity contribution in [3.63, 3.8) is 0 Å². The van der Waals surface area contributed by atoms with Crippen molar-refractivity contribution in [3.8, 4) is 11.3 Å². The van der Waals surface area contributed by atoms with Crippen LogP contribution in [-0.2, 0) is 11.3 Å². The SMILES string of the molecule is CCCC(=O)N1CCC(Cn2nc(-c3ccccc3)c(C)cc2=O)CC1. The first-order valence-corrected chi connectivity index (χ1v) is 9.50. The van der Waals surface area contributed by atoms with Gasteiger partial charge in [-0.2, -0.15) is 5.10 Å². The van der Waals surface area contributed by atoms with Gasteiger partial charge in [-0.25, -0.2) is 4.68 Å². The molecular formula is C21H27N3O2. The summed E-state index contributed by atoms with van der Waals surface area (Å²) in [5.74, 6) is 0.639. The molecule has 0 unspecified atom stereocenters. The number of carbonyl (C=O) groups is 1. The Morgan fingerprint density at radius 2 is 1.88 bits per heavy atom. The molecule has 0 N–H and O–H groups in total. The maximum absolute atomic E-state index is 12.4. The van der Waals surface area contributed by atoms with Gasteiger partial charge in [0, 0.05) is 37.7 Å². The van der Waals surface area contributed by atoms with Crippen LogP contribution in [0.1, 0.15) is 38.2 Å². The summed E-state index contributed by atoms with van der Waals surface area (Å²) in [5, 5.41) is 4.64. The molecule has 2 aromatic rings. The minimum atomic E-state index is -0.0494. The number of amides is 1. The number of hydrogen-bond acceptors (Lipinski definition) is 3. The first-order valence-electron chi connectivity index (χ1n) is 9.50. The zero-order valence-corrected chi connectivity index (χ0v) is 15.6. The molecule has 1 amide bonds. The second kappa shape index (κ2) is 8.30. The lowest BCUT2D eigenvalue weighted by atomic mass is 9.96. The number of carbonyl (C=O) groups excluding carboxylic acids is 1. The maximum Gasteiger partial charge on any atom is 0.267 e. The summed E-state index contributed by atoms with van der Waals surface area (Å²) in [5.41, 5.74) is 2.74. The fourth-order valence-corrected chi connectivity index (χ4v) is 3.57. The summed E-state index contributed by atoms with van der Waals surface area (Å²) in [6.07, 6.45) is 3.38. The molecule has 0 atom stereocenters. The molecule has 0 bridgehead atoms. The van der Waals surface area contributed by atoms with Gasteiger partial charge < -0.3 is 4.90 Å². The van der Waals surface area contributed by atoms with Crippen LogP contribution in [0.5, 0.6) is 0 Å². The molecule has 0 spiro atoms. The quantitative estimate of drug-likeness (QED) is 0.829. The van der Waals surface area contributed by atoms with E-state index < -0.39 is 0 Å². The largest absolute Gasteiger partial charge is 0.343 e. The number of aromatic nitrogens is 2. The number of rotatable bonds is 5. The molecule has 2 heterocycles. The van der Waals surface area contributed by atoms with E-state index in [1.165, 1.54) is 0 Å². The summed E-state index contributed by atoms with van der Waals surface area (Å²) in [7, 11) is 0. The van der Waals surface area contributed by atoms with E-state index in [-0.39, 0.29) is 11.5 Å². The summed E-state index contributed by atoms with van der Waals surface area (Å²) >= 11 is 0. The van der Waals surface area contributed by atoms with Crippen LogP contribution < -0.4 is 5.56 Å². The van der Waals surface area contributed by atoms with Gasteiger partial charge in [0.2, 0.25) is 5.91 Å². The van der Waals surface area contributed by atoms with Crippen LogP contribution in [-0.4, -0.2) is 33.7 Å². The van der Waals surface area contributed by atoms with Gasteiger partial charge in [-0.3, -0.25) is 9.59 Å². The van der Waals surface area contributed by atoms with Crippen LogP contribution in [0.2, 0.25) is 0 Å². The molecule has 1 saturated heterocycles. The average Bonchev–Trinajstić information content (AvgIpc) is 2.65. The van der Waals surface area contributed by atoms with E-state index in [9.17, 15) is 9.59 Å². The van der Waals surface area contributed by atoms with Crippen molar-refractivity contribution in [2.24, 2.45) is 5.92 Å². The normalized spacial score (nSPS) is 15.2. The van der Waals surface area contributed by atoms with Gasteiger partial charge in [-0.05, 0) is 37.7 Å². The lowest BCUT2D eigenvalue weighted by Crippen LogP contribution is -2.40. The average molecular weight is 353 g/mol. The number of hydrogen-bond donors (Lipinski definition) is 0. The third kappa shape index (κ3) is 4.21. The lowest BCUT2D eigenvalue weighted by Gasteiger charge is -2.32. The number of piperidine rings is 1. The van der Waals surface area contributed by atoms with Crippen molar-refractivity contribution >= 4 is 5.91 Å². The molecule has 5 nitrogen and oxygen atoms in total. The highest BCUT2D eigenvalue weighted by Crippen LogP contribution is 2.21. The number of aryl methyl sites for hydroxylation is 1. The van der Waals surface area contributed by atoms with E-state index >= 15 is 0 Å². The molecule has 138 valence electrons. The third-order valence-corrected chi connectivity index (χ3v) is 5.10. The van der Waals surface area contributed by atoms with Crippen molar-refractivity contribution in [1.29, 1.82) is 0 Å². The predicted octanol–water partition coefficient (Wildman–Crippen LogP) is 3.26. The molecule has 0 aliphatic carbocycles. The molecule has 1 aromatic carbocycles. The first-order chi connectivity index (χ1) is 12.6. The van der Waals surface area contributed by atoms with Crippen LogP contribution in [0, 0.1) is 12.8 Å². The predicted molar refractivity (Wildman–Crippen MR) is 103 cm³/mol. The van der Waals surface area contributed by atoms with Crippen LogP contribution in [0.3, 0.4) is 0 Å². The molecule has 1 aromatic heterocycles. The molecule has 0 radical (unpaired) electrons. The Kier molecular flexibility index (Phi) is 5.86. The third-order valence-electron chi connectivity index (χ3n) is 5.10. The highest BCUT2D eigenvalue weighted by Gasteiger charge is 2.23. The van der Waals surface area contributed by atoms with E-state index in [4.69, 9.17) is 0 Å². The minimum Gasteiger partial charge on any atom is -0.343 e. The standard InChI is InChI=1S/C21H27N3O2/c1-3-7-19(25)23-12-10-17(11-13-23)15-24-20(26)14-16(2)21(22-24)18-8-5-4-6-9-18/h4-6,8-9,14,17H,3,7,10-13,15H2,1-2H3. The van der Waals surface area contributed by atoms with Crippen molar-refractivity contribution in [2.75, 3.05) is 13.1 Å². The molecule has 26 heavy (non-hydrogen) atoms. The number of nitrogens with zero attached hydrogens (tertiary/aromatic N) is 3. The van der Waals surface area contributed by atoms with E-state index in [0.717, 1.165) is 49.2 Å². The number of benzene rings is 1. The van der Waals surface area contributed by atoms with E-state index in [1.807, 2.05) is 49.1 Å². The van der Waals surface area contributed by atoms with Crippen molar-refractivity contribution in [2.45, 2.75) is 46.1 Å². The van der Waals surface area contributed by atoms with Gasteiger partial charge in [-0.1, -0.05) is 37.3 Å². The molecule has 1 aliphatic heterocycles. The van der Waals surface area contributed by atoms with Gasteiger partial charge in [0.1, 0.15) is 0 Å². The second-order valence-corrected chi connectivity index (χ2v) is 7.14. The Balaban J connectivity index is 1.71. The Bertz CT molecular complexity index is 806. The molecule has 5 heteroatoms. The summed E-state index contributed by atoms with van der Waals surface area (Å²) < 4.78 is 1.60. The van der Waals surface area contributed by atoms with Crippen molar-refractivity contribution < 1.29 is 4.79 Å². The topological polar surface area (TPSA) is 55.2 Å². The lowest BCUT2D eigenvalue weighted by molar-refractivity contribution is -0.132. The fourth-order valence-electron chi connectivity index (χ4n) is 3.57. The van der Waals surface area contributed by atoms with E-state index in [1.54, 1.807) is 10.7 Å². The smallest absolute Gasteiger partial charge is 0.267 e. The summed E-state index contributed by atoms with van der Waals surface area (Å²) in [6.45, 7) is 6.16. The van der Waals surface area contributed by atoms with Crippen LogP contribution in [0.4, 0.5) is 0 Å². The van der Waals surface area contributed by atoms with Crippen LogP contribution in [0.15, 0.2) is 41.2 Å². The number of likely N-dealkylation sites (tertiary alicyclic amines) is 1. The van der Waals surface area contributed by atoms with E-state index in [0.29, 0.717) is 18.9 Å². The fraction of sp³-hybridized carbons (Fsp3) is 0.476. The first kappa shape index (κ1) is 18.4. The van der Waals surface area contributed by atoms with Crippen molar-refractivity contribution in [1.82, 2.24) is 14.7 Å². The Morgan fingerprint density at radius 3 is 2.54 bits per heavy atom. The minimum absolute atomic E-state index is 0.0494. The maximum atomic E-state index is 12.4. The summed E-state index contributed by atoms with van der Waals surface area (Å²) in [4.78, 5) is 26.4. The van der Waals surface area contributed by atoms with Gasteiger partial charge >= 0.3 is 0 Å². The molecule has 1 aliphatic rings. The zero-order chi connectivity index (χ0) is 18.5. The second-order valence-electron chi connectivity index (χ2n) is 7.14. The van der Waals surface area contributed by atoms with Crippen LogP contribution in [0.25, 0.3) is 11.3 Å². The van der Waals surface area contributed by atoms with Crippen LogP contribution >= 0.6 is 0 Å². The monoisotopic (exact) mass is 353 g/mol. The van der Waals surface area contributed by atoms with E-state index in [2.05, 4.69) is 5.10 Å². The van der Waals surface area contributed by atoms with Gasteiger partial charge in [0.15, 0.2) is 0 Å². The molecule has 1 fully saturated rings. The molecule has 0 saturated carbocycles. The Hall–Kier alpha value is -2.43. The summed E-state index contributed by atoms with van der Waals surface area (Å²) in [6, 6.07) is 11.6. The Labute approximate surface area is 154 Å². The molecular weight excluding hydrogens is 326 g/mol. The zero-order valence-electron chi connectivity index (χ0n) is 15.6. The Morgan fingerprint density at radius 1 is 1.19 bits per heavy atom. The highest BCUT2D eigenvalue weighted by atomic mass is 16.2. The molecule has 3 rings (SSSR count). The van der Waals surface area contributed by atoms with Crippen molar-refractivity contribution in [3.05, 3.63) is 52.3 Å². The van der Waals surface area contributed by atoms with Gasteiger partial charge in [-0.15, -0.1) is 0 Å². The van der Waals surface area contributed by atoms with Gasteiger partial charge in [0.25, 0.3) is 5.56 Å².